The lowest BCUT2D eigenvalue weighted by Crippen LogP contribution is -2.01. The Morgan fingerprint density at radius 2 is 1.33 bits per heavy atom. The van der Waals surface area contributed by atoms with E-state index in [9.17, 15) is 5.11 Å². The average molecular weight is 356 g/mol. The van der Waals surface area contributed by atoms with Gasteiger partial charge in [-0.15, -0.1) is 0 Å². The first-order valence-corrected chi connectivity index (χ1v) is 9.55. The molecule has 27 heavy (non-hydrogen) atoms. The monoisotopic (exact) mass is 356 g/mol. The third-order valence-corrected chi connectivity index (χ3v) is 5.12. The standard InChI is InChI=1S/C25H24O2/c1-2-8-20-21-11-3-5-13-23(21)25(24-14-6-4-12-22(20)24)17-27-19-10-7-9-18(15-19)16-26/h3-7,9-15,26H,2,8,16-17H2,1H3. The van der Waals surface area contributed by atoms with Crippen molar-refractivity contribution in [3.63, 3.8) is 0 Å². The summed E-state index contributed by atoms with van der Waals surface area (Å²) in [6.07, 6.45) is 2.19. The first kappa shape index (κ1) is 17.6. The van der Waals surface area contributed by atoms with E-state index in [0.29, 0.717) is 6.61 Å². The van der Waals surface area contributed by atoms with E-state index in [0.717, 1.165) is 24.2 Å². The van der Waals surface area contributed by atoms with Crippen molar-refractivity contribution >= 4 is 21.5 Å². The Hall–Kier alpha value is -2.84. The molecule has 0 aromatic heterocycles. The number of benzene rings is 4. The van der Waals surface area contributed by atoms with Gasteiger partial charge >= 0.3 is 0 Å². The smallest absolute Gasteiger partial charge is 0.120 e. The number of aryl methyl sites for hydroxylation is 1. The molecule has 4 aromatic rings. The maximum Gasteiger partial charge on any atom is 0.120 e. The fourth-order valence-corrected chi connectivity index (χ4v) is 3.87. The van der Waals surface area contributed by atoms with Crippen LogP contribution >= 0.6 is 0 Å². The summed E-state index contributed by atoms with van der Waals surface area (Å²) in [5, 5.41) is 14.5. The van der Waals surface area contributed by atoms with Crippen LogP contribution in [-0.4, -0.2) is 5.11 Å². The van der Waals surface area contributed by atoms with E-state index in [1.54, 1.807) is 0 Å². The molecular weight excluding hydrogens is 332 g/mol. The van der Waals surface area contributed by atoms with Gasteiger partial charge < -0.3 is 9.84 Å². The molecule has 0 aliphatic heterocycles. The molecule has 4 aromatic carbocycles. The van der Waals surface area contributed by atoms with E-state index < -0.39 is 0 Å². The molecule has 0 amide bonds. The van der Waals surface area contributed by atoms with Crippen molar-refractivity contribution in [2.75, 3.05) is 0 Å². The summed E-state index contributed by atoms with van der Waals surface area (Å²) in [7, 11) is 0. The van der Waals surface area contributed by atoms with E-state index in [4.69, 9.17) is 4.74 Å². The summed E-state index contributed by atoms with van der Waals surface area (Å²) in [5.74, 6) is 0.785. The Labute approximate surface area is 160 Å². The molecule has 0 saturated heterocycles. The number of hydrogen-bond acceptors (Lipinski definition) is 2. The zero-order valence-corrected chi connectivity index (χ0v) is 15.6. The zero-order chi connectivity index (χ0) is 18.6. The minimum atomic E-state index is 0.0226. The van der Waals surface area contributed by atoms with E-state index in [-0.39, 0.29) is 6.61 Å². The van der Waals surface area contributed by atoms with E-state index in [1.165, 1.54) is 32.7 Å². The van der Waals surface area contributed by atoms with Crippen molar-refractivity contribution in [3.05, 3.63) is 89.5 Å². The van der Waals surface area contributed by atoms with Crippen molar-refractivity contribution in [2.45, 2.75) is 33.0 Å². The molecule has 0 heterocycles. The molecule has 4 rings (SSSR count). The summed E-state index contributed by atoms with van der Waals surface area (Å²) in [5.41, 5.74) is 3.51. The lowest BCUT2D eigenvalue weighted by atomic mass is 9.90. The molecule has 0 saturated carbocycles. The quantitative estimate of drug-likeness (QED) is 0.428. The van der Waals surface area contributed by atoms with Crippen LogP contribution in [0.3, 0.4) is 0 Å². The van der Waals surface area contributed by atoms with Crippen molar-refractivity contribution < 1.29 is 9.84 Å². The zero-order valence-electron chi connectivity index (χ0n) is 15.6. The molecule has 1 N–H and O–H groups in total. The molecule has 0 spiro atoms. The number of fused-ring (bicyclic) bond motifs is 2. The van der Waals surface area contributed by atoms with Crippen LogP contribution in [0.2, 0.25) is 0 Å². The van der Waals surface area contributed by atoms with Gasteiger partial charge in [-0.25, -0.2) is 0 Å². The van der Waals surface area contributed by atoms with Crippen molar-refractivity contribution in [1.82, 2.24) is 0 Å². The summed E-state index contributed by atoms with van der Waals surface area (Å²) < 4.78 is 6.14. The van der Waals surface area contributed by atoms with Crippen LogP contribution < -0.4 is 4.74 Å². The molecule has 0 atom stereocenters. The van der Waals surface area contributed by atoms with Crippen LogP contribution in [0.1, 0.15) is 30.0 Å². The topological polar surface area (TPSA) is 29.5 Å². The predicted octanol–water partition coefficient (Wildman–Crippen LogP) is 6.02. The second kappa shape index (κ2) is 7.81. The van der Waals surface area contributed by atoms with E-state index in [1.807, 2.05) is 24.3 Å². The van der Waals surface area contributed by atoms with Crippen LogP contribution in [0, 0.1) is 0 Å². The van der Waals surface area contributed by atoms with Gasteiger partial charge in [0, 0.05) is 5.56 Å². The summed E-state index contributed by atoms with van der Waals surface area (Å²) >= 11 is 0. The maximum atomic E-state index is 9.36. The lowest BCUT2D eigenvalue weighted by molar-refractivity contribution is 0.278. The number of ether oxygens (including phenoxy) is 1. The normalized spacial score (nSPS) is 11.2. The lowest BCUT2D eigenvalue weighted by Gasteiger charge is -2.17. The Morgan fingerprint density at radius 3 is 1.89 bits per heavy atom. The van der Waals surface area contributed by atoms with Gasteiger partial charge in [0.1, 0.15) is 12.4 Å². The molecule has 0 unspecified atom stereocenters. The van der Waals surface area contributed by atoms with Gasteiger partial charge in [0.25, 0.3) is 0 Å². The van der Waals surface area contributed by atoms with Crippen molar-refractivity contribution in [1.29, 1.82) is 0 Å². The molecule has 136 valence electrons. The van der Waals surface area contributed by atoms with Crippen LogP contribution in [-0.2, 0) is 19.6 Å². The molecule has 0 bridgehead atoms. The second-order valence-corrected chi connectivity index (χ2v) is 6.89. The predicted molar refractivity (Wildman–Crippen MR) is 112 cm³/mol. The van der Waals surface area contributed by atoms with Crippen molar-refractivity contribution in [2.24, 2.45) is 0 Å². The van der Waals surface area contributed by atoms with Crippen LogP contribution in [0.5, 0.6) is 5.75 Å². The first-order chi connectivity index (χ1) is 13.3. The maximum absolute atomic E-state index is 9.36. The highest BCUT2D eigenvalue weighted by Gasteiger charge is 2.13. The van der Waals surface area contributed by atoms with Gasteiger partial charge in [-0.2, -0.15) is 0 Å². The highest BCUT2D eigenvalue weighted by molar-refractivity contribution is 6.05. The molecule has 0 fully saturated rings. The van der Waals surface area contributed by atoms with Crippen LogP contribution in [0.25, 0.3) is 21.5 Å². The Balaban J connectivity index is 1.84. The Kier molecular flexibility index (Phi) is 5.08. The van der Waals surface area contributed by atoms with Crippen molar-refractivity contribution in [3.8, 4) is 5.75 Å². The SMILES string of the molecule is CCCc1c2ccccc2c(COc2cccc(CO)c2)c2ccccc12. The Bertz CT molecular complexity index is 1030. The van der Waals surface area contributed by atoms with Gasteiger partial charge in [-0.3, -0.25) is 0 Å². The average Bonchev–Trinajstić information content (AvgIpc) is 2.73. The van der Waals surface area contributed by atoms with Gasteiger partial charge in [-0.05, 0) is 51.2 Å². The minimum absolute atomic E-state index is 0.0226. The first-order valence-electron chi connectivity index (χ1n) is 9.55. The highest BCUT2D eigenvalue weighted by Crippen LogP contribution is 2.34. The number of aliphatic hydroxyl groups excluding tert-OH is 1. The molecule has 2 nitrogen and oxygen atoms in total. The van der Waals surface area contributed by atoms with E-state index >= 15 is 0 Å². The van der Waals surface area contributed by atoms with Crippen LogP contribution in [0.15, 0.2) is 72.8 Å². The Morgan fingerprint density at radius 1 is 0.741 bits per heavy atom. The number of hydrogen-bond donors (Lipinski definition) is 1. The summed E-state index contributed by atoms with van der Waals surface area (Å²) in [6, 6.07) is 24.9. The number of aliphatic hydroxyl groups is 1. The summed E-state index contributed by atoms with van der Waals surface area (Å²) in [4.78, 5) is 0. The minimum Gasteiger partial charge on any atom is -0.489 e. The fourth-order valence-electron chi connectivity index (χ4n) is 3.87. The van der Waals surface area contributed by atoms with Gasteiger partial charge in [0.15, 0.2) is 0 Å². The molecule has 0 aliphatic carbocycles. The highest BCUT2D eigenvalue weighted by atomic mass is 16.5. The summed E-state index contributed by atoms with van der Waals surface area (Å²) in [6.45, 7) is 2.76. The largest absolute Gasteiger partial charge is 0.489 e. The third-order valence-electron chi connectivity index (χ3n) is 5.12. The molecule has 2 heteroatoms. The second-order valence-electron chi connectivity index (χ2n) is 6.89. The van der Waals surface area contributed by atoms with Gasteiger partial charge in [0.05, 0.1) is 6.61 Å². The van der Waals surface area contributed by atoms with Gasteiger partial charge in [0.2, 0.25) is 0 Å². The van der Waals surface area contributed by atoms with Gasteiger partial charge in [-0.1, -0.05) is 74.0 Å². The van der Waals surface area contributed by atoms with Crippen LogP contribution in [0.4, 0.5) is 0 Å². The molecule has 0 aliphatic rings. The molecular formula is C25H24O2. The van der Waals surface area contributed by atoms with E-state index in [2.05, 4.69) is 55.5 Å². The number of rotatable bonds is 6. The fraction of sp³-hybridized carbons (Fsp3) is 0.200. The third kappa shape index (κ3) is 3.41. The molecule has 0 radical (unpaired) electrons.